The predicted molar refractivity (Wildman–Crippen MR) is 102 cm³/mol. The van der Waals surface area contributed by atoms with Gasteiger partial charge in [0.2, 0.25) is 5.91 Å². The number of carbonyl (C=O) groups excluding carboxylic acids is 1. The number of hydrogen-bond donors (Lipinski definition) is 2. The van der Waals surface area contributed by atoms with Crippen LogP contribution in [0.4, 0.5) is 18.9 Å². The SMILES string of the molecule is O=C(CSc1nc2ccccc2[nH]1)Nc1cc(C(F)(F)F)ccc1-n1cncn1. The number of fused-ring (bicyclic) bond motifs is 1. The zero-order valence-corrected chi connectivity index (χ0v) is 15.5. The van der Waals surface area contributed by atoms with E-state index < -0.39 is 17.6 Å². The number of anilines is 1. The van der Waals surface area contributed by atoms with Gasteiger partial charge in [0.25, 0.3) is 0 Å². The fourth-order valence-electron chi connectivity index (χ4n) is 2.66. The third-order valence-electron chi connectivity index (χ3n) is 3.97. The first-order valence-corrected chi connectivity index (χ1v) is 9.32. The standard InChI is InChI=1S/C18H13F3N6OS/c19-18(20,21)11-5-6-15(27-10-22-9-23-27)14(7-11)24-16(28)8-29-17-25-12-3-1-2-4-13(12)26-17/h1-7,9-10H,8H2,(H,24,28)(H,25,26). The van der Waals surface area contributed by atoms with E-state index in [0.717, 1.165) is 34.9 Å². The molecule has 11 heteroatoms. The van der Waals surface area contributed by atoms with Crippen molar-refractivity contribution in [2.45, 2.75) is 11.3 Å². The predicted octanol–water partition coefficient (Wildman–Crippen LogP) is 3.89. The normalized spacial score (nSPS) is 11.7. The van der Waals surface area contributed by atoms with Crippen molar-refractivity contribution in [1.82, 2.24) is 24.7 Å². The van der Waals surface area contributed by atoms with Gasteiger partial charge < -0.3 is 10.3 Å². The number of thioether (sulfide) groups is 1. The Hall–Kier alpha value is -3.34. The summed E-state index contributed by atoms with van der Waals surface area (Å²) in [4.78, 5) is 23.6. The van der Waals surface area contributed by atoms with Crippen molar-refractivity contribution < 1.29 is 18.0 Å². The fraction of sp³-hybridized carbons (Fsp3) is 0.111. The Bertz CT molecular complexity index is 1120. The second kappa shape index (κ2) is 7.59. The van der Waals surface area contributed by atoms with Gasteiger partial charge in [-0.25, -0.2) is 14.6 Å². The molecule has 0 atom stereocenters. The van der Waals surface area contributed by atoms with Crippen LogP contribution in [0.25, 0.3) is 16.7 Å². The highest BCUT2D eigenvalue weighted by molar-refractivity contribution is 7.99. The number of rotatable bonds is 5. The van der Waals surface area contributed by atoms with E-state index in [9.17, 15) is 18.0 Å². The van der Waals surface area contributed by atoms with Crippen molar-refractivity contribution in [3.63, 3.8) is 0 Å². The van der Waals surface area contributed by atoms with Gasteiger partial charge in [0, 0.05) is 0 Å². The quantitative estimate of drug-likeness (QED) is 0.480. The second-order valence-electron chi connectivity index (χ2n) is 5.97. The number of benzene rings is 2. The van der Waals surface area contributed by atoms with Crippen molar-refractivity contribution in [2.75, 3.05) is 11.1 Å². The third-order valence-corrected chi connectivity index (χ3v) is 4.84. The Morgan fingerprint density at radius 2 is 2.03 bits per heavy atom. The third kappa shape index (κ3) is 4.24. The van der Waals surface area contributed by atoms with E-state index in [1.807, 2.05) is 24.3 Å². The van der Waals surface area contributed by atoms with E-state index in [2.05, 4.69) is 25.4 Å². The number of H-pyrrole nitrogens is 1. The lowest BCUT2D eigenvalue weighted by Crippen LogP contribution is -2.17. The van der Waals surface area contributed by atoms with E-state index in [4.69, 9.17) is 0 Å². The van der Waals surface area contributed by atoms with Gasteiger partial charge in [0.1, 0.15) is 12.7 Å². The lowest BCUT2D eigenvalue weighted by molar-refractivity contribution is -0.137. The summed E-state index contributed by atoms with van der Waals surface area (Å²) >= 11 is 1.15. The molecule has 2 aromatic heterocycles. The number of aromatic nitrogens is 5. The summed E-state index contributed by atoms with van der Waals surface area (Å²) in [6, 6.07) is 10.4. The number of aromatic amines is 1. The number of nitrogens with zero attached hydrogens (tertiary/aromatic N) is 4. The molecular weight excluding hydrogens is 405 g/mol. The lowest BCUT2D eigenvalue weighted by Gasteiger charge is -2.14. The van der Waals surface area contributed by atoms with Gasteiger partial charge in [-0.2, -0.15) is 18.3 Å². The van der Waals surface area contributed by atoms with Gasteiger partial charge >= 0.3 is 6.18 Å². The van der Waals surface area contributed by atoms with Crippen LogP contribution in [0.3, 0.4) is 0 Å². The molecule has 2 heterocycles. The van der Waals surface area contributed by atoms with Crippen LogP contribution in [0, 0.1) is 0 Å². The summed E-state index contributed by atoms with van der Waals surface area (Å²) in [5.74, 6) is -0.511. The number of amides is 1. The molecule has 4 rings (SSSR count). The van der Waals surface area contributed by atoms with E-state index in [1.54, 1.807) is 0 Å². The molecule has 0 radical (unpaired) electrons. The van der Waals surface area contributed by atoms with E-state index in [-0.39, 0.29) is 17.1 Å². The highest BCUT2D eigenvalue weighted by Crippen LogP contribution is 2.33. The summed E-state index contributed by atoms with van der Waals surface area (Å²) in [6.07, 6.45) is -1.95. The van der Waals surface area contributed by atoms with Gasteiger partial charge in [0.15, 0.2) is 5.16 Å². The first kappa shape index (κ1) is 19.0. The Labute approximate surface area is 166 Å². The molecule has 0 aliphatic rings. The zero-order valence-electron chi connectivity index (χ0n) is 14.6. The Morgan fingerprint density at radius 3 is 2.76 bits per heavy atom. The number of imidazole rings is 1. The zero-order chi connectivity index (χ0) is 20.4. The minimum Gasteiger partial charge on any atom is -0.333 e. The Balaban J connectivity index is 1.53. The molecule has 0 bridgehead atoms. The van der Waals surface area contributed by atoms with Crippen LogP contribution in [0.5, 0.6) is 0 Å². The van der Waals surface area contributed by atoms with Crippen molar-refractivity contribution in [3.05, 3.63) is 60.7 Å². The van der Waals surface area contributed by atoms with E-state index in [1.165, 1.54) is 23.4 Å². The van der Waals surface area contributed by atoms with Crippen molar-refractivity contribution in [1.29, 1.82) is 0 Å². The van der Waals surface area contributed by atoms with Crippen molar-refractivity contribution in [2.24, 2.45) is 0 Å². The fourth-order valence-corrected chi connectivity index (χ4v) is 3.35. The molecule has 0 saturated heterocycles. The molecule has 0 saturated carbocycles. The monoisotopic (exact) mass is 418 g/mol. The van der Waals surface area contributed by atoms with E-state index in [0.29, 0.717) is 5.16 Å². The molecule has 2 N–H and O–H groups in total. The molecule has 7 nitrogen and oxygen atoms in total. The largest absolute Gasteiger partial charge is 0.416 e. The van der Waals surface area contributed by atoms with Crippen LogP contribution in [0.1, 0.15) is 5.56 Å². The maximum atomic E-state index is 13.1. The van der Waals surface area contributed by atoms with Crippen molar-refractivity contribution >= 4 is 34.4 Å². The molecular formula is C18H13F3N6OS. The van der Waals surface area contributed by atoms with Crippen LogP contribution in [0.2, 0.25) is 0 Å². The van der Waals surface area contributed by atoms with Gasteiger partial charge in [-0.05, 0) is 30.3 Å². The summed E-state index contributed by atoms with van der Waals surface area (Å²) in [7, 11) is 0. The van der Waals surface area contributed by atoms with Crippen LogP contribution in [-0.4, -0.2) is 36.4 Å². The van der Waals surface area contributed by atoms with Gasteiger partial charge in [-0.15, -0.1) is 0 Å². The second-order valence-corrected chi connectivity index (χ2v) is 6.93. The average Bonchev–Trinajstić information content (AvgIpc) is 3.35. The van der Waals surface area contributed by atoms with Crippen LogP contribution in [0.15, 0.2) is 60.3 Å². The first-order chi connectivity index (χ1) is 13.9. The Morgan fingerprint density at radius 1 is 1.21 bits per heavy atom. The number of nitrogens with one attached hydrogen (secondary N) is 2. The summed E-state index contributed by atoms with van der Waals surface area (Å²) in [5, 5.41) is 6.99. The number of carbonyl (C=O) groups is 1. The number of para-hydroxylation sites is 2. The smallest absolute Gasteiger partial charge is 0.333 e. The highest BCUT2D eigenvalue weighted by Gasteiger charge is 2.31. The minimum absolute atomic E-state index is 0.0134. The molecule has 0 aliphatic carbocycles. The Kier molecular flexibility index (Phi) is 4.97. The maximum absolute atomic E-state index is 13.1. The lowest BCUT2D eigenvalue weighted by atomic mass is 10.1. The van der Waals surface area contributed by atoms with E-state index >= 15 is 0 Å². The van der Waals surface area contributed by atoms with Crippen LogP contribution in [-0.2, 0) is 11.0 Å². The topological polar surface area (TPSA) is 88.5 Å². The van der Waals surface area contributed by atoms with Gasteiger partial charge in [0.05, 0.1) is 33.7 Å². The summed E-state index contributed by atoms with van der Waals surface area (Å²) in [5.41, 5.74) is 0.989. The molecule has 148 valence electrons. The molecule has 29 heavy (non-hydrogen) atoms. The molecule has 0 fully saturated rings. The molecule has 2 aromatic carbocycles. The molecule has 0 aliphatic heterocycles. The van der Waals surface area contributed by atoms with Crippen molar-refractivity contribution in [3.8, 4) is 5.69 Å². The van der Waals surface area contributed by atoms with Gasteiger partial charge in [-0.3, -0.25) is 4.79 Å². The first-order valence-electron chi connectivity index (χ1n) is 8.34. The molecule has 0 spiro atoms. The van der Waals surface area contributed by atoms with Crippen LogP contribution >= 0.6 is 11.8 Å². The minimum atomic E-state index is -4.54. The summed E-state index contributed by atoms with van der Waals surface area (Å²) < 4.78 is 40.5. The molecule has 0 unspecified atom stereocenters. The van der Waals surface area contributed by atoms with Gasteiger partial charge in [-0.1, -0.05) is 23.9 Å². The molecule has 1 amide bonds. The average molecular weight is 418 g/mol. The van der Waals surface area contributed by atoms with Crippen LogP contribution < -0.4 is 5.32 Å². The summed E-state index contributed by atoms with van der Waals surface area (Å²) in [6.45, 7) is 0. The number of halogens is 3. The molecule has 4 aromatic rings. The maximum Gasteiger partial charge on any atom is 0.416 e. The number of alkyl halides is 3. The number of hydrogen-bond acceptors (Lipinski definition) is 5. The highest BCUT2D eigenvalue weighted by atomic mass is 32.2.